The maximum atomic E-state index is 13.9. The maximum absolute atomic E-state index is 13.9. The van der Waals surface area contributed by atoms with Crippen LogP contribution < -0.4 is 10.1 Å². The van der Waals surface area contributed by atoms with Gasteiger partial charge in [0.05, 0.1) is 20.2 Å². The van der Waals surface area contributed by atoms with Crippen LogP contribution in [-0.4, -0.2) is 83.7 Å². The van der Waals surface area contributed by atoms with Gasteiger partial charge in [0.1, 0.15) is 18.0 Å². The Morgan fingerprint density at radius 2 is 1.55 bits per heavy atom. The molecule has 0 aliphatic carbocycles. The predicted molar refractivity (Wildman–Crippen MR) is 151 cm³/mol. The van der Waals surface area contributed by atoms with Gasteiger partial charge in [-0.2, -0.15) is 0 Å². The molecule has 2 heterocycles. The molecule has 0 radical (unpaired) electrons. The summed E-state index contributed by atoms with van der Waals surface area (Å²) < 4.78 is 5.22. The van der Waals surface area contributed by atoms with Gasteiger partial charge in [0.2, 0.25) is 11.8 Å². The lowest BCUT2D eigenvalue weighted by molar-refractivity contribution is -0.186. The largest absolute Gasteiger partial charge is 0.497 e. The number of carbonyl (C=O) groups is 3. The number of fused-ring (bicyclic) bond motifs is 1. The highest BCUT2D eigenvalue weighted by molar-refractivity contribution is 5.91. The van der Waals surface area contributed by atoms with Crippen LogP contribution in [0.15, 0.2) is 84.9 Å². The molecule has 208 valence electrons. The van der Waals surface area contributed by atoms with Gasteiger partial charge in [0.25, 0.3) is 0 Å². The molecular formula is C31H35N5O4. The van der Waals surface area contributed by atoms with Gasteiger partial charge in [-0.3, -0.25) is 9.59 Å². The van der Waals surface area contributed by atoms with Crippen LogP contribution in [0.1, 0.15) is 16.7 Å². The zero-order valence-electron chi connectivity index (χ0n) is 22.9. The third-order valence-corrected chi connectivity index (χ3v) is 7.54. The van der Waals surface area contributed by atoms with Crippen LogP contribution in [0.2, 0.25) is 0 Å². The molecule has 2 aliphatic rings. The first-order valence-corrected chi connectivity index (χ1v) is 13.5. The highest BCUT2D eigenvalue weighted by Crippen LogP contribution is 2.28. The van der Waals surface area contributed by atoms with Crippen molar-refractivity contribution in [2.45, 2.75) is 31.6 Å². The number of hydrogen-bond donors (Lipinski definition) is 1. The SMILES string of the molecule is COc1ccc(CNC(=O)N2[C@H]3CN(CCc4ccccc4)C(=O)[C@H](Cc4ccccc4)N3C(=O)CN2C)cc1. The number of benzene rings is 3. The molecule has 0 unspecified atom stereocenters. The third kappa shape index (κ3) is 5.94. The number of urea groups is 1. The lowest BCUT2D eigenvalue weighted by Gasteiger charge is -2.54. The number of nitrogens with zero attached hydrogens (tertiary/aromatic N) is 4. The molecule has 2 saturated heterocycles. The fourth-order valence-corrected chi connectivity index (χ4v) is 5.45. The Labute approximate surface area is 234 Å². The molecule has 1 N–H and O–H groups in total. The van der Waals surface area contributed by atoms with E-state index < -0.39 is 12.2 Å². The normalized spacial score (nSPS) is 19.4. The second kappa shape index (κ2) is 12.2. The summed E-state index contributed by atoms with van der Waals surface area (Å²) in [7, 11) is 3.35. The maximum Gasteiger partial charge on any atom is 0.334 e. The number of rotatable bonds is 8. The topological polar surface area (TPSA) is 85.4 Å². The van der Waals surface area contributed by atoms with E-state index in [2.05, 4.69) is 5.32 Å². The molecule has 9 nitrogen and oxygen atoms in total. The molecule has 5 rings (SSSR count). The molecule has 2 aliphatic heterocycles. The van der Waals surface area contributed by atoms with E-state index in [0.29, 0.717) is 25.9 Å². The zero-order valence-corrected chi connectivity index (χ0v) is 22.9. The summed E-state index contributed by atoms with van der Waals surface area (Å²) in [5.41, 5.74) is 3.02. The fourth-order valence-electron chi connectivity index (χ4n) is 5.45. The molecule has 0 aromatic heterocycles. The second-order valence-corrected chi connectivity index (χ2v) is 10.2. The first-order valence-electron chi connectivity index (χ1n) is 13.5. The average Bonchev–Trinajstić information content (AvgIpc) is 2.98. The van der Waals surface area contributed by atoms with Crippen LogP contribution in [0.25, 0.3) is 0 Å². The van der Waals surface area contributed by atoms with Crippen molar-refractivity contribution < 1.29 is 19.1 Å². The van der Waals surface area contributed by atoms with E-state index in [1.807, 2.05) is 84.9 Å². The molecule has 0 bridgehead atoms. The Balaban J connectivity index is 1.39. The van der Waals surface area contributed by atoms with E-state index in [9.17, 15) is 14.4 Å². The summed E-state index contributed by atoms with van der Waals surface area (Å²) in [6, 6.07) is 26.2. The van der Waals surface area contributed by atoms with Gasteiger partial charge in [-0.05, 0) is 35.2 Å². The van der Waals surface area contributed by atoms with Crippen molar-refractivity contribution in [1.29, 1.82) is 0 Å². The first kappa shape index (κ1) is 27.2. The van der Waals surface area contributed by atoms with E-state index in [1.54, 1.807) is 34.0 Å². The van der Waals surface area contributed by atoms with Gasteiger partial charge < -0.3 is 19.9 Å². The molecule has 3 aromatic rings. The standard InChI is InChI=1S/C31H35N5O4/c1-33-22-29(37)35-27(19-24-11-7-4-8-12-24)30(38)34(18-17-23-9-5-3-6-10-23)21-28(35)36(33)31(39)32-20-25-13-15-26(40-2)16-14-25/h3-16,27-28H,17-22H2,1-2H3,(H,32,39)/t27-,28-/m0/s1. The van der Waals surface area contributed by atoms with Gasteiger partial charge in [-0.1, -0.05) is 72.8 Å². The number of ether oxygens (including phenoxy) is 1. The highest BCUT2D eigenvalue weighted by Gasteiger charge is 2.50. The smallest absolute Gasteiger partial charge is 0.334 e. The van der Waals surface area contributed by atoms with E-state index in [0.717, 1.165) is 22.4 Å². The summed E-state index contributed by atoms with van der Waals surface area (Å²) in [6.07, 6.45) is 0.448. The molecular weight excluding hydrogens is 506 g/mol. The molecule has 0 spiro atoms. The minimum absolute atomic E-state index is 0.00897. The number of amides is 4. The summed E-state index contributed by atoms with van der Waals surface area (Å²) in [5.74, 6) is 0.489. The highest BCUT2D eigenvalue weighted by atomic mass is 16.5. The Bertz CT molecular complexity index is 1320. The van der Waals surface area contributed by atoms with Crippen molar-refractivity contribution in [2.24, 2.45) is 0 Å². The first-order chi connectivity index (χ1) is 19.4. The Hall–Kier alpha value is -4.37. The molecule has 3 aromatic carbocycles. The summed E-state index contributed by atoms with van der Waals surface area (Å²) >= 11 is 0. The molecule has 40 heavy (non-hydrogen) atoms. The van der Waals surface area contributed by atoms with Crippen LogP contribution in [0.3, 0.4) is 0 Å². The molecule has 2 atom stereocenters. The van der Waals surface area contributed by atoms with Gasteiger partial charge in [0, 0.05) is 26.6 Å². The number of hydrogen-bond acceptors (Lipinski definition) is 5. The lowest BCUT2D eigenvalue weighted by Crippen LogP contribution is -2.76. The number of likely N-dealkylation sites (N-methyl/N-ethyl adjacent to an activating group) is 1. The van der Waals surface area contributed by atoms with E-state index in [4.69, 9.17) is 4.74 Å². The monoisotopic (exact) mass is 541 g/mol. The Morgan fingerprint density at radius 1 is 0.900 bits per heavy atom. The van der Waals surface area contributed by atoms with Crippen LogP contribution in [0.4, 0.5) is 4.79 Å². The number of nitrogens with one attached hydrogen (secondary N) is 1. The minimum Gasteiger partial charge on any atom is -0.497 e. The number of carbonyl (C=O) groups excluding carboxylic acids is 3. The average molecular weight is 542 g/mol. The lowest BCUT2D eigenvalue weighted by atomic mass is 9.98. The van der Waals surface area contributed by atoms with Gasteiger partial charge in [0.15, 0.2) is 0 Å². The van der Waals surface area contributed by atoms with Crippen molar-refractivity contribution >= 4 is 17.8 Å². The van der Waals surface area contributed by atoms with Crippen LogP contribution in [-0.2, 0) is 29.0 Å². The number of piperazine rings is 1. The summed E-state index contributed by atoms with van der Waals surface area (Å²) in [4.78, 5) is 44.3. The molecule has 2 fully saturated rings. The quantitative estimate of drug-likeness (QED) is 0.474. The van der Waals surface area contributed by atoms with Crippen LogP contribution in [0, 0.1) is 0 Å². The van der Waals surface area contributed by atoms with Gasteiger partial charge in [-0.25, -0.2) is 14.8 Å². The number of hydrazine groups is 1. The molecule has 9 heteroatoms. The summed E-state index contributed by atoms with van der Waals surface area (Å²) in [6.45, 7) is 1.06. The van der Waals surface area contributed by atoms with Crippen molar-refractivity contribution in [3.8, 4) is 5.75 Å². The van der Waals surface area contributed by atoms with Crippen LogP contribution in [0.5, 0.6) is 5.75 Å². The predicted octanol–water partition coefficient (Wildman–Crippen LogP) is 2.92. The minimum atomic E-state index is -0.699. The van der Waals surface area contributed by atoms with Gasteiger partial charge >= 0.3 is 6.03 Å². The van der Waals surface area contributed by atoms with E-state index >= 15 is 0 Å². The van der Waals surface area contributed by atoms with Gasteiger partial charge in [-0.15, -0.1) is 0 Å². The summed E-state index contributed by atoms with van der Waals surface area (Å²) in [5, 5.41) is 6.23. The zero-order chi connectivity index (χ0) is 28.1. The fraction of sp³-hybridized carbons (Fsp3) is 0.323. The molecule has 4 amide bonds. The van der Waals surface area contributed by atoms with Crippen LogP contribution >= 0.6 is 0 Å². The van der Waals surface area contributed by atoms with Crippen molar-refractivity contribution in [3.63, 3.8) is 0 Å². The van der Waals surface area contributed by atoms with Crippen molar-refractivity contribution in [2.75, 3.05) is 33.8 Å². The Morgan fingerprint density at radius 3 is 2.20 bits per heavy atom. The Kier molecular flexibility index (Phi) is 8.31. The van der Waals surface area contributed by atoms with E-state index in [1.165, 1.54) is 0 Å². The van der Waals surface area contributed by atoms with Crippen molar-refractivity contribution in [3.05, 3.63) is 102 Å². The third-order valence-electron chi connectivity index (χ3n) is 7.54. The second-order valence-electron chi connectivity index (χ2n) is 10.2. The molecule has 0 saturated carbocycles. The van der Waals surface area contributed by atoms with Crippen molar-refractivity contribution in [1.82, 2.24) is 25.1 Å². The van der Waals surface area contributed by atoms with E-state index in [-0.39, 0.29) is 30.9 Å². The number of methoxy groups -OCH3 is 1.